The number of rotatable bonds is 3. The van der Waals surface area contributed by atoms with E-state index in [1.165, 1.54) is 6.07 Å². The van der Waals surface area contributed by atoms with E-state index in [0.717, 1.165) is 11.3 Å². The lowest BCUT2D eigenvalue weighted by molar-refractivity contribution is 0.181. The molecule has 1 heterocycles. The fourth-order valence-corrected chi connectivity index (χ4v) is 2.42. The Balaban J connectivity index is 2.56. The van der Waals surface area contributed by atoms with Crippen LogP contribution in [0, 0.1) is 10.5 Å². The average molecular weight is 408 g/mol. The zero-order valence-corrected chi connectivity index (χ0v) is 13.8. The summed E-state index contributed by atoms with van der Waals surface area (Å²) in [6.07, 6.45) is 0. The monoisotopic (exact) mass is 406 g/mol. The molecule has 0 aliphatic heterocycles. The molecule has 2 aromatic rings. The molecule has 0 aliphatic rings. The lowest BCUT2D eigenvalue weighted by Gasteiger charge is -2.08. The number of aromatic nitrogens is 2. The Bertz CT molecular complexity index is 675. The number of hydrogen-bond acceptors (Lipinski definition) is 3. The van der Waals surface area contributed by atoms with Gasteiger partial charge in [0.15, 0.2) is 0 Å². The van der Waals surface area contributed by atoms with Crippen LogP contribution in [0.25, 0.3) is 11.4 Å². The highest BCUT2D eigenvalue weighted by Crippen LogP contribution is 2.25. The molecular weight excluding hydrogens is 399 g/mol. The van der Waals surface area contributed by atoms with Crippen LogP contribution in [0.15, 0.2) is 27.1 Å². The van der Waals surface area contributed by atoms with Crippen molar-refractivity contribution < 1.29 is 9.13 Å². The first-order chi connectivity index (χ1) is 9.02. The number of benzene rings is 1. The lowest BCUT2D eigenvalue weighted by Crippen LogP contribution is -2.00. The third-order valence-electron chi connectivity index (χ3n) is 2.42. The second kappa shape index (κ2) is 6.21. The van der Waals surface area contributed by atoms with Crippen LogP contribution < -0.4 is 0 Å². The van der Waals surface area contributed by atoms with Gasteiger partial charge in [-0.2, -0.15) is 0 Å². The zero-order valence-electron chi connectivity index (χ0n) is 9.84. The zero-order chi connectivity index (χ0) is 14.0. The number of halogens is 3. The van der Waals surface area contributed by atoms with Crippen LogP contribution in [0.1, 0.15) is 5.69 Å². The molecule has 0 atom stereocenters. The van der Waals surface area contributed by atoms with Gasteiger partial charge in [-0.25, -0.2) is 9.37 Å². The molecule has 0 bridgehead atoms. The van der Waals surface area contributed by atoms with Crippen LogP contribution in [0.5, 0.6) is 0 Å². The Labute approximate surface area is 131 Å². The van der Waals surface area contributed by atoms with Gasteiger partial charge in [0.1, 0.15) is 16.3 Å². The van der Waals surface area contributed by atoms with Crippen molar-refractivity contribution in [2.75, 3.05) is 7.11 Å². The van der Waals surface area contributed by atoms with Crippen LogP contribution in [-0.2, 0) is 11.3 Å². The smallest absolute Gasteiger partial charge is 0.144 e. The minimum absolute atomic E-state index is 0.323. The van der Waals surface area contributed by atoms with Gasteiger partial charge in [0.05, 0.1) is 21.2 Å². The van der Waals surface area contributed by atoms with Gasteiger partial charge in [-0.3, -0.25) is 0 Å². The maximum absolute atomic E-state index is 13.2. The maximum Gasteiger partial charge on any atom is 0.144 e. The number of ether oxygens (including phenoxy) is 1. The van der Waals surface area contributed by atoms with E-state index in [1.54, 1.807) is 19.2 Å². The Morgan fingerprint density at radius 1 is 1.42 bits per heavy atom. The first-order valence-corrected chi connectivity index (χ1v) is 7.25. The molecule has 0 fully saturated rings. The van der Waals surface area contributed by atoms with Crippen LogP contribution in [0.4, 0.5) is 4.39 Å². The second-order valence-electron chi connectivity index (χ2n) is 3.74. The van der Waals surface area contributed by atoms with Crippen molar-refractivity contribution in [3.05, 3.63) is 43.3 Å². The van der Waals surface area contributed by atoms with E-state index in [0.29, 0.717) is 26.0 Å². The topological polar surface area (TPSA) is 37.9 Å². The number of nitrogens with one attached hydrogen (secondary N) is 1. The summed E-state index contributed by atoms with van der Waals surface area (Å²) in [5.74, 6) is 0.248. The van der Waals surface area contributed by atoms with Crippen molar-refractivity contribution in [3.8, 4) is 11.4 Å². The third kappa shape index (κ3) is 3.28. The average Bonchev–Trinajstić information content (AvgIpc) is 2.38. The Morgan fingerprint density at radius 3 is 2.79 bits per heavy atom. The number of aromatic amines is 1. The summed E-state index contributed by atoms with van der Waals surface area (Å²) in [7, 11) is 1.60. The first-order valence-electron chi connectivity index (χ1n) is 5.26. The number of hydrogen-bond donors (Lipinski definition) is 1. The van der Waals surface area contributed by atoms with E-state index in [2.05, 4.69) is 41.8 Å². The van der Waals surface area contributed by atoms with E-state index < -0.39 is 0 Å². The van der Waals surface area contributed by atoms with Crippen molar-refractivity contribution in [1.29, 1.82) is 0 Å². The molecule has 0 saturated carbocycles. The van der Waals surface area contributed by atoms with E-state index in [-0.39, 0.29) is 5.82 Å². The van der Waals surface area contributed by atoms with Gasteiger partial charge in [0.25, 0.3) is 0 Å². The molecule has 1 aromatic carbocycles. The minimum atomic E-state index is -0.323. The normalized spacial score (nSPS) is 10.7. The summed E-state index contributed by atoms with van der Waals surface area (Å²) in [4.78, 5) is 7.39. The highest BCUT2D eigenvalue weighted by molar-refractivity contribution is 9.10. The first kappa shape index (κ1) is 14.8. The second-order valence-corrected chi connectivity index (χ2v) is 5.78. The fourth-order valence-electron chi connectivity index (χ4n) is 1.53. The molecule has 19 heavy (non-hydrogen) atoms. The predicted molar refractivity (Wildman–Crippen MR) is 80.9 cm³/mol. The van der Waals surface area contributed by atoms with Gasteiger partial charge in [-0.1, -0.05) is 12.2 Å². The van der Waals surface area contributed by atoms with Crippen molar-refractivity contribution in [2.45, 2.75) is 6.61 Å². The molecule has 0 amide bonds. The van der Waals surface area contributed by atoms with Gasteiger partial charge in [0, 0.05) is 12.7 Å². The molecule has 100 valence electrons. The predicted octanol–water partition coefficient (Wildman–Crippen LogP) is 4.62. The van der Waals surface area contributed by atoms with Crippen molar-refractivity contribution in [3.63, 3.8) is 0 Å². The molecule has 0 aliphatic carbocycles. The van der Waals surface area contributed by atoms with Crippen LogP contribution >= 0.6 is 44.1 Å². The van der Waals surface area contributed by atoms with E-state index in [9.17, 15) is 4.39 Å². The minimum Gasteiger partial charge on any atom is -0.378 e. The lowest BCUT2D eigenvalue weighted by atomic mass is 10.2. The molecule has 0 saturated heterocycles. The molecule has 0 radical (unpaired) electrons. The van der Waals surface area contributed by atoms with E-state index >= 15 is 0 Å². The molecule has 0 spiro atoms. The highest BCUT2D eigenvalue weighted by Gasteiger charge is 2.09. The number of methoxy groups -OCH3 is 1. The summed E-state index contributed by atoms with van der Waals surface area (Å²) < 4.78 is 19.8. The van der Waals surface area contributed by atoms with Crippen LogP contribution in [0.3, 0.4) is 0 Å². The standard InChI is InChI=1S/C12H9Br2FN2OS/c1-18-5-9-10(14)12(19)17-11(16-9)6-2-3-8(15)7(13)4-6/h2-4H,5H2,1H3,(H,16,17,19). The fraction of sp³-hybridized carbons (Fsp3) is 0.167. The summed E-state index contributed by atoms with van der Waals surface area (Å²) >= 11 is 11.7. The number of nitrogens with zero attached hydrogens (tertiary/aromatic N) is 1. The van der Waals surface area contributed by atoms with Crippen molar-refractivity contribution in [2.24, 2.45) is 0 Å². The molecule has 7 heteroatoms. The van der Waals surface area contributed by atoms with Gasteiger partial charge in [0.2, 0.25) is 0 Å². The molecular formula is C12H9Br2FN2OS. The van der Waals surface area contributed by atoms with Crippen molar-refractivity contribution in [1.82, 2.24) is 9.97 Å². The van der Waals surface area contributed by atoms with Gasteiger partial charge >= 0.3 is 0 Å². The van der Waals surface area contributed by atoms with E-state index in [4.69, 9.17) is 17.0 Å². The van der Waals surface area contributed by atoms with E-state index in [1.807, 2.05) is 0 Å². The summed E-state index contributed by atoms with van der Waals surface area (Å²) in [6, 6.07) is 4.65. The summed E-state index contributed by atoms with van der Waals surface area (Å²) in [5.41, 5.74) is 1.53. The van der Waals surface area contributed by atoms with Crippen LogP contribution in [-0.4, -0.2) is 17.1 Å². The molecule has 1 N–H and O–H groups in total. The molecule has 0 unspecified atom stereocenters. The van der Waals surface area contributed by atoms with Gasteiger partial charge < -0.3 is 9.72 Å². The SMILES string of the molecule is COCc1[nH]c(-c2ccc(F)c(Br)c2)nc(=S)c1Br. The molecule has 3 nitrogen and oxygen atoms in total. The Kier molecular flexibility index (Phi) is 4.83. The van der Waals surface area contributed by atoms with Gasteiger partial charge in [-0.05, 0) is 50.1 Å². The summed E-state index contributed by atoms with van der Waals surface area (Å²) in [5, 5.41) is 0. The largest absolute Gasteiger partial charge is 0.378 e. The highest BCUT2D eigenvalue weighted by atomic mass is 79.9. The number of H-pyrrole nitrogens is 1. The Hall–Kier alpha value is -0.630. The van der Waals surface area contributed by atoms with Gasteiger partial charge in [-0.15, -0.1) is 0 Å². The Morgan fingerprint density at radius 2 is 2.16 bits per heavy atom. The molecule has 1 aromatic heterocycles. The third-order valence-corrected chi connectivity index (χ3v) is 4.44. The quantitative estimate of drug-likeness (QED) is 0.754. The molecule has 2 rings (SSSR count). The van der Waals surface area contributed by atoms with Crippen LogP contribution in [0.2, 0.25) is 0 Å². The maximum atomic E-state index is 13.2. The summed E-state index contributed by atoms with van der Waals surface area (Å²) in [6.45, 7) is 0.377. The van der Waals surface area contributed by atoms with Crippen molar-refractivity contribution >= 4 is 44.1 Å².